The van der Waals surface area contributed by atoms with Crippen LogP contribution >= 0.6 is 23.2 Å². The molecule has 0 aliphatic rings. The quantitative estimate of drug-likeness (QED) is 0.644. The summed E-state index contributed by atoms with van der Waals surface area (Å²) in [7, 11) is 0. The lowest BCUT2D eigenvalue weighted by molar-refractivity contribution is 0.112. The summed E-state index contributed by atoms with van der Waals surface area (Å²) in [5, 5.41) is 18.2. The first-order valence-corrected chi connectivity index (χ1v) is 6.01. The molecule has 0 radical (unpaired) electrons. The molecule has 0 aliphatic carbocycles. The highest BCUT2D eigenvalue weighted by Crippen LogP contribution is 2.30. The smallest absolute Gasteiger partial charge is 0.153 e. The van der Waals surface area contributed by atoms with Crippen molar-refractivity contribution in [2.45, 2.75) is 0 Å². The minimum Gasteiger partial charge on any atom is -0.507 e. The fraction of sp³-hybridized carbons (Fsp3) is 0. The number of phenolic OH excluding ortho intramolecular Hbond substituents is 1. The second kappa shape index (κ2) is 5.82. The molecule has 1 N–H and O–H groups in total. The van der Waals surface area contributed by atoms with Crippen LogP contribution in [0.2, 0.25) is 10.0 Å². The Morgan fingerprint density at radius 1 is 1.05 bits per heavy atom. The topological polar surface area (TPSA) is 62.0 Å². The highest BCUT2D eigenvalue weighted by Gasteiger charge is 2.02. The molecule has 0 aliphatic heterocycles. The van der Waals surface area contributed by atoms with E-state index in [1.54, 1.807) is 18.2 Å². The van der Waals surface area contributed by atoms with Crippen LogP contribution in [0.1, 0.15) is 10.4 Å². The average molecular weight is 295 g/mol. The molecule has 6 heteroatoms. The SMILES string of the molecule is O=Cc1cc(/N=N/c2cc(Cl)ccc2Cl)ccc1O. The van der Waals surface area contributed by atoms with Crippen LogP contribution < -0.4 is 0 Å². The van der Waals surface area contributed by atoms with Gasteiger partial charge in [0.05, 0.1) is 16.3 Å². The number of phenols is 1. The fourth-order valence-corrected chi connectivity index (χ4v) is 1.69. The lowest BCUT2D eigenvalue weighted by atomic mass is 10.2. The molecule has 4 nitrogen and oxygen atoms in total. The lowest BCUT2D eigenvalue weighted by Crippen LogP contribution is -1.79. The van der Waals surface area contributed by atoms with Gasteiger partial charge in [0.2, 0.25) is 0 Å². The van der Waals surface area contributed by atoms with E-state index in [-0.39, 0.29) is 11.3 Å². The Kier molecular flexibility index (Phi) is 4.14. The number of aldehydes is 1. The molecule has 2 rings (SSSR count). The van der Waals surface area contributed by atoms with Gasteiger partial charge in [0.1, 0.15) is 11.4 Å². The first kappa shape index (κ1) is 13.5. The molecule has 0 saturated heterocycles. The molecule has 0 unspecified atom stereocenters. The van der Waals surface area contributed by atoms with Crippen molar-refractivity contribution in [2.75, 3.05) is 0 Å². The van der Waals surface area contributed by atoms with Gasteiger partial charge in [-0.1, -0.05) is 23.2 Å². The van der Waals surface area contributed by atoms with Crippen molar-refractivity contribution in [1.29, 1.82) is 0 Å². The average Bonchev–Trinajstić information content (AvgIpc) is 2.41. The van der Waals surface area contributed by atoms with E-state index in [0.717, 1.165) is 0 Å². The predicted octanol–water partition coefficient (Wildman–Crippen LogP) is 4.93. The Balaban J connectivity index is 2.32. The van der Waals surface area contributed by atoms with Crippen molar-refractivity contribution in [2.24, 2.45) is 10.2 Å². The first-order chi connectivity index (χ1) is 9.10. The van der Waals surface area contributed by atoms with Gasteiger partial charge in [0, 0.05) is 5.02 Å². The molecule has 19 heavy (non-hydrogen) atoms. The number of carbonyl (C=O) groups is 1. The highest BCUT2D eigenvalue weighted by atomic mass is 35.5. The maximum Gasteiger partial charge on any atom is 0.153 e. The van der Waals surface area contributed by atoms with E-state index < -0.39 is 0 Å². The summed E-state index contributed by atoms with van der Waals surface area (Å²) in [4.78, 5) is 10.7. The molecule has 0 aromatic heterocycles. The van der Waals surface area contributed by atoms with Crippen LogP contribution in [0, 0.1) is 0 Å². The predicted molar refractivity (Wildman–Crippen MR) is 74.1 cm³/mol. The number of carbonyl (C=O) groups excluding carboxylic acids is 1. The Morgan fingerprint density at radius 3 is 2.58 bits per heavy atom. The van der Waals surface area contributed by atoms with Gasteiger partial charge in [-0.25, -0.2) is 0 Å². The zero-order valence-electron chi connectivity index (χ0n) is 9.55. The number of azo groups is 1. The van der Waals surface area contributed by atoms with E-state index in [4.69, 9.17) is 23.2 Å². The van der Waals surface area contributed by atoms with Crippen LogP contribution in [0.4, 0.5) is 11.4 Å². The van der Waals surface area contributed by atoms with Crippen LogP contribution in [0.25, 0.3) is 0 Å². The van der Waals surface area contributed by atoms with Crippen molar-refractivity contribution in [3.63, 3.8) is 0 Å². The number of hydrogen-bond acceptors (Lipinski definition) is 4. The van der Waals surface area contributed by atoms with Crippen molar-refractivity contribution in [3.8, 4) is 5.75 Å². The van der Waals surface area contributed by atoms with Gasteiger partial charge < -0.3 is 5.11 Å². The molecule has 0 spiro atoms. The first-order valence-electron chi connectivity index (χ1n) is 5.25. The van der Waals surface area contributed by atoms with Crippen LogP contribution in [0.5, 0.6) is 5.75 Å². The monoisotopic (exact) mass is 294 g/mol. The fourth-order valence-electron chi connectivity index (χ4n) is 1.37. The lowest BCUT2D eigenvalue weighted by Gasteiger charge is -1.99. The number of aromatic hydroxyl groups is 1. The van der Waals surface area contributed by atoms with Crippen molar-refractivity contribution in [1.82, 2.24) is 0 Å². The molecule has 0 atom stereocenters. The van der Waals surface area contributed by atoms with Crippen molar-refractivity contribution < 1.29 is 9.90 Å². The molecule has 96 valence electrons. The van der Waals surface area contributed by atoms with Gasteiger partial charge in [0.25, 0.3) is 0 Å². The molecular formula is C13H8Cl2N2O2. The minimum atomic E-state index is -0.102. The number of benzene rings is 2. The van der Waals surface area contributed by atoms with Gasteiger partial charge in [0.15, 0.2) is 6.29 Å². The van der Waals surface area contributed by atoms with E-state index in [1.165, 1.54) is 18.2 Å². The zero-order valence-corrected chi connectivity index (χ0v) is 11.1. The minimum absolute atomic E-state index is 0.102. The van der Waals surface area contributed by atoms with Crippen molar-refractivity contribution >= 4 is 40.9 Å². The van der Waals surface area contributed by atoms with E-state index in [9.17, 15) is 9.90 Å². The third-order valence-corrected chi connectivity index (χ3v) is 2.87. The maximum absolute atomic E-state index is 10.7. The van der Waals surface area contributed by atoms with Crippen LogP contribution in [0.3, 0.4) is 0 Å². The summed E-state index contributed by atoms with van der Waals surface area (Å²) in [5.74, 6) is -0.102. The molecule has 0 amide bonds. The van der Waals surface area contributed by atoms with E-state index >= 15 is 0 Å². The Morgan fingerprint density at radius 2 is 1.84 bits per heavy atom. The Hall–Kier alpha value is -1.91. The molecule has 2 aromatic rings. The van der Waals surface area contributed by atoms with Gasteiger partial charge in [-0.05, 0) is 36.4 Å². The van der Waals surface area contributed by atoms with Gasteiger partial charge in [-0.15, -0.1) is 5.11 Å². The van der Waals surface area contributed by atoms with E-state index in [0.29, 0.717) is 27.7 Å². The third kappa shape index (κ3) is 3.30. The number of hydrogen-bond donors (Lipinski definition) is 1. The molecule has 0 bridgehead atoms. The van der Waals surface area contributed by atoms with Crippen molar-refractivity contribution in [3.05, 3.63) is 52.0 Å². The van der Waals surface area contributed by atoms with Crippen LogP contribution in [-0.4, -0.2) is 11.4 Å². The standard InChI is InChI=1S/C13H8Cl2N2O2/c14-9-1-3-11(15)12(6-9)17-16-10-2-4-13(19)8(5-10)7-18/h1-7,19H/b17-16+. The molecule has 2 aromatic carbocycles. The highest BCUT2D eigenvalue weighted by molar-refractivity contribution is 6.35. The Labute approximate surface area is 119 Å². The third-order valence-electron chi connectivity index (χ3n) is 2.32. The van der Waals surface area contributed by atoms with E-state index in [2.05, 4.69) is 10.2 Å². The van der Waals surface area contributed by atoms with Crippen LogP contribution in [-0.2, 0) is 0 Å². The van der Waals surface area contributed by atoms with Crippen LogP contribution in [0.15, 0.2) is 46.6 Å². The molecule has 0 heterocycles. The molecular weight excluding hydrogens is 287 g/mol. The summed E-state index contributed by atoms with van der Waals surface area (Å²) in [6.45, 7) is 0. The van der Waals surface area contributed by atoms with E-state index in [1.807, 2.05) is 0 Å². The maximum atomic E-state index is 10.7. The summed E-state index contributed by atoms with van der Waals surface area (Å²) < 4.78 is 0. The summed E-state index contributed by atoms with van der Waals surface area (Å²) in [5.41, 5.74) is 1.000. The zero-order chi connectivity index (χ0) is 13.8. The summed E-state index contributed by atoms with van der Waals surface area (Å²) >= 11 is 11.8. The summed E-state index contributed by atoms with van der Waals surface area (Å²) in [6, 6.07) is 9.17. The van der Waals surface area contributed by atoms with Gasteiger partial charge in [-0.2, -0.15) is 5.11 Å². The number of halogens is 2. The normalized spacial score (nSPS) is 10.8. The van der Waals surface area contributed by atoms with Gasteiger partial charge in [-0.3, -0.25) is 4.79 Å². The number of nitrogens with zero attached hydrogens (tertiary/aromatic N) is 2. The van der Waals surface area contributed by atoms with Gasteiger partial charge >= 0.3 is 0 Å². The molecule has 0 saturated carbocycles. The molecule has 0 fully saturated rings. The Bertz CT molecular complexity index is 657. The second-order valence-corrected chi connectivity index (χ2v) is 4.50. The number of rotatable bonds is 3. The summed E-state index contributed by atoms with van der Waals surface area (Å²) in [6.07, 6.45) is 0.542. The largest absolute Gasteiger partial charge is 0.507 e. The second-order valence-electron chi connectivity index (χ2n) is 3.66.